The molecule has 0 aliphatic heterocycles. The molecule has 0 saturated carbocycles. The van der Waals surface area contributed by atoms with Crippen molar-refractivity contribution in [3.05, 3.63) is 12.2 Å². The zero-order valence-corrected chi connectivity index (χ0v) is 7.30. The van der Waals surface area contributed by atoms with E-state index >= 15 is 0 Å². The molecule has 1 nitrogen and oxygen atoms in total. The number of allylic oxidation sites excluding steroid dienone is 1. The van der Waals surface area contributed by atoms with Gasteiger partial charge in [-0.05, 0) is 6.42 Å². The number of nitrogens with zero attached hydrogens (tertiary/aromatic N) is 1. The second-order valence-corrected chi connectivity index (χ2v) is 4.05. The lowest BCUT2D eigenvalue weighted by atomic mass is 10.00. The highest BCUT2D eigenvalue weighted by atomic mass is 15.3. The summed E-state index contributed by atoms with van der Waals surface area (Å²) in [4.78, 5) is 0. The first-order chi connectivity index (χ1) is 4.61. The Morgan fingerprint density at radius 2 is 1.90 bits per heavy atom. The second kappa shape index (κ2) is 2.75. The fourth-order valence-corrected chi connectivity index (χ4v) is 1.48. The molecule has 1 aliphatic carbocycles. The largest absolute Gasteiger partial charge is 0.328 e. The van der Waals surface area contributed by atoms with Crippen LogP contribution in [0.15, 0.2) is 12.2 Å². The molecule has 0 spiro atoms. The highest BCUT2D eigenvalue weighted by molar-refractivity contribution is 4.90. The van der Waals surface area contributed by atoms with Crippen molar-refractivity contribution in [1.82, 2.24) is 0 Å². The zero-order valence-electron chi connectivity index (χ0n) is 7.30. The van der Waals surface area contributed by atoms with Crippen LogP contribution >= 0.6 is 0 Å². The van der Waals surface area contributed by atoms with Gasteiger partial charge in [-0.2, -0.15) is 0 Å². The molecular formula is C9H18N+. The van der Waals surface area contributed by atoms with E-state index in [-0.39, 0.29) is 0 Å². The van der Waals surface area contributed by atoms with Gasteiger partial charge in [0.25, 0.3) is 0 Å². The smallest absolute Gasteiger partial charge is 0.0922 e. The summed E-state index contributed by atoms with van der Waals surface area (Å²) in [5.74, 6) is 0. The first kappa shape index (κ1) is 7.80. The highest BCUT2D eigenvalue weighted by Crippen LogP contribution is 2.18. The minimum Gasteiger partial charge on any atom is -0.328 e. The third kappa shape index (κ3) is 1.84. The Kier molecular flexibility index (Phi) is 2.14. The molecule has 1 atom stereocenters. The summed E-state index contributed by atoms with van der Waals surface area (Å²) in [6, 6.07) is 0.852. The Labute approximate surface area is 63.9 Å². The maximum Gasteiger partial charge on any atom is 0.0922 e. The number of rotatable bonds is 1. The van der Waals surface area contributed by atoms with Crippen LogP contribution in [0.3, 0.4) is 0 Å². The van der Waals surface area contributed by atoms with Crippen molar-refractivity contribution in [2.24, 2.45) is 0 Å². The lowest BCUT2D eigenvalue weighted by Crippen LogP contribution is -2.45. The Balaban J connectivity index is 2.49. The van der Waals surface area contributed by atoms with Crippen molar-refractivity contribution in [2.75, 3.05) is 21.1 Å². The van der Waals surface area contributed by atoms with E-state index in [1.165, 1.54) is 19.3 Å². The zero-order chi connectivity index (χ0) is 7.61. The van der Waals surface area contributed by atoms with Gasteiger partial charge >= 0.3 is 0 Å². The van der Waals surface area contributed by atoms with Gasteiger partial charge in [0.05, 0.1) is 27.2 Å². The normalized spacial score (nSPS) is 26.9. The Hall–Kier alpha value is -0.300. The van der Waals surface area contributed by atoms with Gasteiger partial charge < -0.3 is 4.48 Å². The summed E-state index contributed by atoms with van der Waals surface area (Å²) < 4.78 is 1.12. The molecule has 58 valence electrons. The average molecular weight is 140 g/mol. The van der Waals surface area contributed by atoms with E-state index in [1.807, 2.05) is 0 Å². The van der Waals surface area contributed by atoms with Crippen molar-refractivity contribution in [1.29, 1.82) is 0 Å². The molecule has 10 heavy (non-hydrogen) atoms. The van der Waals surface area contributed by atoms with E-state index in [4.69, 9.17) is 0 Å². The number of quaternary nitrogens is 1. The van der Waals surface area contributed by atoms with Crippen molar-refractivity contribution >= 4 is 0 Å². The van der Waals surface area contributed by atoms with Gasteiger partial charge in [0, 0.05) is 12.8 Å². The molecule has 0 aromatic rings. The minimum absolute atomic E-state index is 0.852. The molecule has 1 heteroatoms. The maximum absolute atomic E-state index is 2.32. The molecule has 0 amide bonds. The predicted octanol–water partition coefficient (Wildman–Crippen LogP) is 1.80. The lowest BCUT2D eigenvalue weighted by molar-refractivity contribution is -0.896. The highest BCUT2D eigenvalue weighted by Gasteiger charge is 2.22. The van der Waals surface area contributed by atoms with Gasteiger partial charge in [-0.15, -0.1) is 0 Å². The van der Waals surface area contributed by atoms with Crippen LogP contribution < -0.4 is 0 Å². The monoisotopic (exact) mass is 140 g/mol. The molecule has 1 rings (SSSR count). The van der Waals surface area contributed by atoms with Gasteiger partial charge in [0.1, 0.15) is 0 Å². The van der Waals surface area contributed by atoms with Crippen LogP contribution in [0.25, 0.3) is 0 Å². The topological polar surface area (TPSA) is 0 Å². The van der Waals surface area contributed by atoms with Crippen LogP contribution in [-0.2, 0) is 0 Å². The summed E-state index contributed by atoms with van der Waals surface area (Å²) in [6.07, 6.45) is 8.52. The van der Waals surface area contributed by atoms with Gasteiger partial charge in [0.15, 0.2) is 0 Å². The maximum atomic E-state index is 2.32. The van der Waals surface area contributed by atoms with Crippen LogP contribution in [0.5, 0.6) is 0 Å². The van der Waals surface area contributed by atoms with Gasteiger partial charge in [-0.25, -0.2) is 0 Å². The molecule has 0 heterocycles. The van der Waals surface area contributed by atoms with Crippen molar-refractivity contribution in [2.45, 2.75) is 25.3 Å². The van der Waals surface area contributed by atoms with Crippen LogP contribution in [0, 0.1) is 0 Å². The quantitative estimate of drug-likeness (QED) is 0.385. The standard InChI is InChI=1S/C9H18N/c1-10(2,3)9-7-5-4-6-8-9/h4-5,9H,6-8H2,1-3H3/q+1. The molecule has 1 unspecified atom stereocenters. The number of hydrogen-bond acceptors (Lipinski definition) is 0. The molecular weight excluding hydrogens is 122 g/mol. The van der Waals surface area contributed by atoms with E-state index in [0.717, 1.165) is 10.5 Å². The molecule has 0 saturated heterocycles. The third-order valence-corrected chi connectivity index (χ3v) is 2.34. The van der Waals surface area contributed by atoms with E-state index in [1.54, 1.807) is 0 Å². The van der Waals surface area contributed by atoms with Gasteiger partial charge in [-0.3, -0.25) is 0 Å². The van der Waals surface area contributed by atoms with E-state index in [2.05, 4.69) is 33.3 Å². The summed E-state index contributed by atoms with van der Waals surface area (Å²) in [7, 11) is 6.84. The minimum atomic E-state index is 0.852. The fourth-order valence-electron chi connectivity index (χ4n) is 1.48. The Morgan fingerprint density at radius 1 is 1.20 bits per heavy atom. The molecule has 0 N–H and O–H groups in total. The van der Waals surface area contributed by atoms with E-state index in [0.29, 0.717) is 0 Å². The van der Waals surface area contributed by atoms with Crippen molar-refractivity contribution in [3.8, 4) is 0 Å². The Morgan fingerprint density at radius 3 is 2.20 bits per heavy atom. The first-order valence-corrected chi connectivity index (χ1v) is 4.07. The van der Waals surface area contributed by atoms with Crippen LogP contribution in [0.2, 0.25) is 0 Å². The average Bonchev–Trinajstić information content (AvgIpc) is 1.88. The molecule has 0 fully saturated rings. The molecule has 0 bridgehead atoms. The fraction of sp³-hybridized carbons (Fsp3) is 0.778. The SMILES string of the molecule is C[N+](C)(C)C1CC=CCC1. The predicted molar refractivity (Wildman–Crippen MR) is 44.8 cm³/mol. The molecule has 1 aliphatic rings. The lowest BCUT2D eigenvalue weighted by Gasteiger charge is -2.34. The summed E-state index contributed by atoms with van der Waals surface area (Å²) >= 11 is 0. The van der Waals surface area contributed by atoms with E-state index in [9.17, 15) is 0 Å². The summed E-state index contributed by atoms with van der Waals surface area (Å²) in [5, 5.41) is 0. The molecule has 0 aromatic heterocycles. The molecule has 0 radical (unpaired) electrons. The van der Waals surface area contributed by atoms with Gasteiger partial charge in [0.2, 0.25) is 0 Å². The van der Waals surface area contributed by atoms with Crippen molar-refractivity contribution in [3.63, 3.8) is 0 Å². The first-order valence-electron chi connectivity index (χ1n) is 4.07. The Bertz CT molecular complexity index is 130. The molecule has 0 aromatic carbocycles. The summed E-state index contributed by atoms with van der Waals surface area (Å²) in [5.41, 5.74) is 0. The second-order valence-electron chi connectivity index (χ2n) is 4.05. The van der Waals surface area contributed by atoms with Crippen LogP contribution in [0.1, 0.15) is 19.3 Å². The van der Waals surface area contributed by atoms with Crippen LogP contribution in [-0.4, -0.2) is 31.7 Å². The van der Waals surface area contributed by atoms with Gasteiger partial charge in [-0.1, -0.05) is 12.2 Å². The van der Waals surface area contributed by atoms with E-state index < -0.39 is 0 Å². The third-order valence-electron chi connectivity index (χ3n) is 2.34. The summed E-state index contributed by atoms with van der Waals surface area (Å²) in [6.45, 7) is 0. The van der Waals surface area contributed by atoms with Crippen LogP contribution in [0.4, 0.5) is 0 Å². The van der Waals surface area contributed by atoms with Crippen molar-refractivity contribution < 1.29 is 4.48 Å². The number of hydrogen-bond donors (Lipinski definition) is 0.